The summed E-state index contributed by atoms with van der Waals surface area (Å²) in [6, 6.07) is 0. The summed E-state index contributed by atoms with van der Waals surface area (Å²) in [5, 5.41) is 0. The highest BCUT2D eigenvalue weighted by Crippen LogP contribution is 2.16. The lowest BCUT2D eigenvalue weighted by atomic mass is 10.1. The lowest BCUT2D eigenvalue weighted by molar-refractivity contribution is -0.167. The number of hydrogen-bond acceptors (Lipinski definition) is 6. The zero-order valence-corrected chi connectivity index (χ0v) is 48.8. The summed E-state index contributed by atoms with van der Waals surface area (Å²) < 4.78 is 16.9. The van der Waals surface area contributed by atoms with Crippen LogP contribution in [0.3, 0.4) is 0 Å². The standard InChI is InChI=1S/C68H118O6/c1-4-7-10-13-16-19-22-25-28-31-33-34-35-38-40-43-46-49-52-55-58-61-67(70)73-64-65(63-72-66(69)60-57-54-51-48-45-42-39-36-30-27-24-21-18-15-12-9-6-3)74-68(71)62-59-56-53-50-47-44-41-37-32-29-26-23-20-17-14-11-8-5-2/h7,10,16,18-19,21,25,27-30,32-34,65H,4-6,8-9,11-15,17,20,22-24,26,31,35-64H2,1-3H3/b10-7-,19-16-,21-18-,28-25-,30-27-,32-29-,34-33-. The van der Waals surface area contributed by atoms with Gasteiger partial charge in [0, 0.05) is 19.3 Å². The first kappa shape index (κ1) is 70.6. The lowest BCUT2D eigenvalue weighted by Crippen LogP contribution is -2.30. The van der Waals surface area contributed by atoms with Gasteiger partial charge in [-0.2, -0.15) is 0 Å². The quantitative estimate of drug-likeness (QED) is 0.0261. The molecule has 0 aliphatic heterocycles. The van der Waals surface area contributed by atoms with Crippen LogP contribution in [0.15, 0.2) is 85.1 Å². The fourth-order valence-electron chi connectivity index (χ4n) is 8.87. The molecule has 0 aliphatic rings. The topological polar surface area (TPSA) is 78.9 Å². The van der Waals surface area contributed by atoms with Gasteiger partial charge in [-0.25, -0.2) is 0 Å². The molecule has 0 amide bonds. The van der Waals surface area contributed by atoms with E-state index in [2.05, 4.69) is 106 Å². The first-order chi connectivity index (χ1) is 36.5. The Morgan fingerprint density at radius 2 is 0.527 bits per heavy atom. The summed E-state index contributed by atoms with van der Waals surface area (Å²) in [6.45, 7) is 6.51. The van der Waals surface area contributed by atoms with Gasteiger partial charge in [0.2, 0.25) is 0 Å². The Morgan fingerprint density at radius 1 is 0.284 bits per heavy atom. The maximum Gasteiger partial charge on any atom is 0.306 e. The molecule has 6 nitrogen and oxygen atoms in total. The van der Waals surface area contributed by atoms with Crippen LogP contribution in [0.1, 0.15) is 310 Å². The van der Waals surface area contributed by atoms with Crippen molar-refractivity contribution < 1.29 is 28.6 Å². The first-order valence-corrected chi connectivity index (χ1v) is 31.6. The van der Waals surface area contributed by atoms with Crippen molar-refractivity contribution in [3.05, 3.63) is 85.1 Å². The Hall–Kier alpha value is -3.41. The van der Waals surface area contributed by atoms with E-state index in [4.69, 9.17) is 14.2 Å². The Bertz CT molecular complexity index is 1420. The third kappa shape index (κ3) is 59.5. The van der Waals surface area contributed by atoms with E-state index in [1.807, 2.05) is 0 Å². The largest absolute Gasteiger partial charge is 0.462 e. The molecule has 0 N–H and O–H groups in total. The average molecular weight is 1030 g/mol. The van der Waals surface area contributed by atoms with E-state index in [1.54, 1.807) is 0 Å². The molecule has 0 rings (SSSR count). The summed E-state index contributed by atoms with van der Waals surface area (Å²) in [5.41, 5.74) is 0. The summed E-state index contributed by atoms with van der Waals surface area (Å²) >= 11 is 0. The average Bonchev–Trinajstić information content (AvgIpc) is 3.40. The zero-order chi connectivity index (χ0) is 53.6. The summed E-state index contributed by atoms with van der Waals surface area (Å²) in [4.78, 5) is 38.3. The number of ether oxygens (including phenoxy) is 3. The molecule has 426 valence electrons. The molecule has 0 aromatic rings. The predicted octanol–water partition coefficient (Wildman–Crippen LogP) is 21.5. The molecule has 0 spiro atoms. The third-order valence-corrected chi connectivity index (χ3v) is 13.6. The zero-order valence-electron chi connectivity index (χ0n) is 48.8. The smallest absolute Gasteiger partial charge is 0.306 e. The lowest BCUT2D eigenvalue weighted by Gasteiger charge is -2.18. The van der Waals surface area contributed by atoms with Gasteiger partial charge in [-0.3, -0.25) is 14.4 Å². The molecule has 1 atom stereocenters. The van der Waals surface area contributed by atoms with E-state index in [9.17, 15) is 14.4 Å². The number of esters is 3. The van der Waals surface area contributed by atoms with Crippen LogP contribution in [0, 0.1) is 0 Å². The molecule has 74 heavy (non-hydrogen) atoms. The van der Waals surface area contributed by atoms with Crippen LogP contribution in [0.5, 0.6) is 0 Å². The van der Waals surface area contributed by atoms with Crippen molar-refractivity contribution in [1.82, 2.24) is 0 Å². The molecule has 0 heterocycles. The molecule has 6 heteroatoms. The highest BCUT2D eigenvalue weighted by atomic mass is 16.6. The van der Waals surface area contributed by atoms with Gasteiger partial charge in [-0.05, 0) is 116 Å². The van der Waals surface area contributed by atoms with Crippen molar-refractivity contribution >= 4 is 17.9 Å². The van der Waals surface area contributed by atoms with E-state index >= 15 is 0 Å². The van der Waals surface area contributed by atoms with Crippen molar-refractivity contribution in [3.8, 4) is 0 Å². The van der Waals surface area contributed by atoms with Crippen molar-refractivity contribution in [3.63, 3.8) is 0 Å². The fraction of sp³-hybridized carbons (Fsp3) is 0.750. The molecule has 0 aromatic carbocycles. The van der Waals surface area contributed by atoms with E-state index in [-0.39, 0.29) is 31.1 Å². The second-order valence-electron chi connectivity index (χ2n) is 20.9. The van der Waals surface area contributed by atoms with E-state index < -0.39 is 6.10 Å². The molecule has 0 saturated heterocycles. The second-order valence-corrected chi connectivity index (χ2v) is 20.9. The Balaban J connectivity index is 4.40. The van der Waals surface area contributed by atoms with Crippen molar-refractivity contribution in [2.45, 2.75) is 316 Å². The molecular formula is C68H118O6. The van der Waals surface area contributed by atoms with Crippen molar-refractivity contribution in [1.29, 1.82) is 0 Å². The minimum Gasteiger partial charge on any atom is -0.462 e. The Labute approximate surface area is 458 Å². The van der Waals surface area contributed by atoms with Crippen LogP contribution in [0.4, 0.5) is 0 Å². The molecule has 0 bridgehead atoms. The molecule has 1 unspecified atom stereocenters. The summed E-state index contributed by atoms with van der Waals surface area (Å²) in [6.07, 6.45) is 81.5. The molecule has 0 radical (unpaired) electrons. The van der Waals surface area contributed by atoms with E-state index in [0.717, 1.165) is 103 Å². The van der Waals surface area contributed by atoms with Gasteiger partial charge in [0.15, 0.2) is 6.10 Å². The maximum atomic E-state index is 12.9. The number of allylic oxidation sites excluding steroid dienone is 14. The van der Waals surface area contributed by atoms with Crippen LogP contribution < -0.4 is 0 Å². The van der Waals surface area contributed by atoms with Crippen molar-refractivity contribution in [2.24, 2.45) is 0 Å². The maximum absolute atomic E-state index is 12.9. The first-order valence-electron chi connectivity index (χ1n) is 31.6. The van der Waals surface area contributed by atoms with Gasteiger partial charge in [0.05, 0.1) is 0 Å². The second kappa shape index (κ2) is 62.1. The van der Waals surface area contributed by atoms with Crippen molar-refractivity contribution in [2.75, 3.05) is 13.2 Å². The van der Waals surface area contributed by atoms with E-state index in [0.29, 0.717) is 19.3 Å². The molecule has 0 fully saturated rings. The number of unbranched alkanes of at least 4 members (excludes halogenated alkanes) is 32. The highest BCUT2D eigenvalue weighted by molar-refractivity contribution is 5.71. The van der Waals surface area contributed by atoms with Gasteiger partial charge in [0.25, 0.3) is 0 Å². The molecule has 0 saturated carbocycles. The summed E-state index contributed by atoms with van der Waals surface area (Å²) in [7, 11) is 0. The Morgan fingerprint density at radius 3 is 0.865 bits per heavy atom. The Kier molecular flexibility index (Phi) is 59.3. The predicted molar refractivity (Wildman–Crippen MR) is 321 cm³/mol. The van der Waals surface area contributed by atoms with Crippen LogP contribution >= 0.6 is 0 Å². The SMILES string of the molecule is CC/C=C\C/C=C\C/C=C\C/C=C\CCCCCCCCCCC(=O)OCC(COC(=O)CCCCCCCCC/C=C\C/C=C\CCCCC)OC(=O)CCCCCCCCC/C=C\CCCCCCCCC. The van der Waals surface area contributed by atoms with Gasteiger partial charge in [-0.15, -0.1) is 0 Å². The van der Waals surface area contributed by atoms with Crippen LogP contribution in [-0.4, -0.2) is 37.2 Å². The fourth-order valence-corrected chi connectivity index (χ4v) is 8.87. The third-order valence-electron chi connectivity index (χ3n) is 13.6. The number of carbonyl (C=O) groups excluding carboxylic acids is 3. The monoisotopic (exact) mass is 1030 g/mol. The van der Waals surface area contributed by atoms with E-state index in [1.165, 1.54) is 167 Å². The van der Waals surface area contributed by atoms with Crippen LogP contribution in [0.2, 0.25) is 0 Å². The van der Waals surface area contributed by atoms with Gasteiger partial charge in [0.1, 0.15) is 13.2 Å². The molecule has 0 aromatic heterocycles. The minimum absolute atomic E-state index is 0.0840. The van der Waals surface area contributed by atoms with Gasteiger partial charge >= 0.3 is 17.9 Å². The normalized spacial score (nSPS) is 12.6. The highest BCUT2D eigenvalue weighted by Gasteiger charge is 2.19. The number of hydrogen-bond donors (Lipinski definition) is 0. The minimum atomic E-state index is -0.787. The van der Waals surface area contributed by atoms with Crippen LogP contribution in [-0.2, 0) is 28.6 Å². The molecular weight excluding hydrogens is 913 g/mol. The number of rotatable bonds is 57. The van der Waals surface area contributed by atoms with Gasteiger partial charge in [-0.1, -0.05) is 260 Å². The van der Waals surface area contributed by atoms with Crippen LogP contribution in [0.25, 0.3) is 0 Å². The van der Waals surface area contributed by atoms with Gasteiger partial charge < -0.3 is 14.2 Å². The molecule has 0 aliphatic carbocycles. The summed E-state index contributed by atoms with van der Waals surface area (Å²) in [5.74, 6) is -0.892. The number of carbonyl (C=O) groups is 3.